The number of urea groups is 1. The summed E-state index contributed by atoms with van der Waals surface area (Å²) in [5, 5.41) is 11.0. The van der Waals surface area contributed by atoms with E-state index in [1.54, 1.807) is 24.3 Å². The number of carbonyl (C=O) groups excluding carboxylic acids is 2. The zero-order chi connectivity index (χ0) is 19.1. The molecular weight excluding hydrogens is 398 g/mol. The predicted molar refractivity (Wildman–Crippen MR) is 101 cm³/mol. The molecule has 0 radical (unpaired) electrons. The maximum absolute atomic E-state index is 11.8. The highest BCUT2D eigenvalue weighted by atomic mass is 79.9. The average molecular weight is 414 g/mol. The van der Waals surface area contributed by atoms with Crippen molar-refractivity contribution in [2.45, 2.75) is 13.5 Å². The first kappa shape index (κ1) is 19.2. The second kappa shape index (κ2) is 8.83. The molecule has 26 heavy (non-hydrogen) atoms. The first-order chi connectivity index (χ1) is 12.4. The third-order valence-electron chi connectivity index (χ3n) is 3.39. The standard InChI is InChI=1S/C19H16BrN3O3/c1-12-2-4-13(5-3-12)11-26-17-7-6-16(20)9-14(17)8-15(10-21)18(24)23-19(22)25/h2-9H,11H2,1H3,(H3,22,23,24,25)/b15-8-. The Kier molecular flexibility index (Phi) is 6.53. The fourth-order valence-corrected chi connectivity index (χ4v) is 2.47. The number of ether oxygens (including phenoxy) is 1. The summed E-state index contributed by atoms with van der Waals surface area (Å²) >= 11 is 3.35. The normalized spacial score (nSPS) is 10.7. The van der Waals surface area contributed by atoms with Gasteiger partial charge in [-0.05, 0) is 36.8 Å². The Morgan fingerprint density at radius 2 is 1.96 bits per heavy atom. The van der Waals surface area contributed by atoms with Crippen LogP contribution in [-0.2, 0) is 11.4 Å². The van der Waals surface area contributed by atoms with E-state index in [2.05, 4.69) is 15.9 Å². The number of nitriles is 1. The van der Waals surface area contributed by atoms with E-state index in [1.165, 1.54) is 6.08 Å². The van der Waals surface area contributed by atoms with Crippen molar-refractivity contribution in [3.8, 4) is 11.8 Å². The van der Waals surface area contributed by atoms with Gasteiger partial charge in [0.25, 0.3) is 5.91 Å². The second-order valence-electron chi connectivity index (χ2n) is 5.44. The fraction of sp³-hybridized carbons (Fsp3) is 0.105. The Bertz CT molecular complexity index is 899. The number of halogens is 1. The number of nitrogens with zero attached hydrogens (tertiary/aromatic N) is 1. The summed E-state index contributed by atoms with van der Waals surface area (Å²) in [5.74, 6) is -0.377. The second-order valence-corrected chi connectivity index (χ2v) is 6.36. The molecule has 2 rings (SSSR count). The van der Waals surface area contributed by atoms with Crippen LogP contribution in [0.3, 0.4) is 0 Å². The minimum absolute atomic E-state index is 0.262. The molecule has 0 aliphatic heterocycles. The summed E-state index contributed by atoms with van der Waals surface area (Å²) in [6, 6.07) is 13.9. The van der Waals surface area contributed by atoms with Crippen LogP contribution in [0.15, 0.2) is 52.5 Å². The lowest BCUT2D eigenvalue weighted by Crippen LogP contribution is -2.35. The van der Waals surface area contributed by atoms with E-state index in [1.807, 2.05) is 36.5 Å². The van der Waals surface area contributed by atoms with Gasteiger partial charge in [-0.25, -0.2) is 4.79 Å². The van der Waals surface area contributed by atoms with Gasteiger partial charge in [0, 0.05) is 10.0 Å². The Labute approximate surface area is 159 Å². The van der Waals surface area contributed by atoms with Crippen LogP contribution in [0.1, 0.15) is 16.7 Å². The van der Waals surface area contributed by atoms with Crippen molar-refractivity contribution < 1.29 is 14.3 Å². The molecule has 0 spiro atoms. The number of imide groups is 1. The van der Waals surface area contributed by atoms with Gasteiger partial charge in [0.1, 0.15) is 24.0 Å². The Morgan fingerprint density at radius 1 is 1.27 bits per heavy atom. The molecule has 3 amide bonds. The zero-order valence-corrected chi connectivity index (χ0v) is 15.5. The molecule has 132 valence electrons. The van der Waals surface area contributed by atoms with E-state index in [4.69, 9.17) is 10.5 Å². The van der Waals surface area contributed by atoms with Crippen LogP contribution in [0.4, 0.5) is 4.79 Å². The molecule has 2 aromatic carbocycles. The van der Waals surface area contributed by atoms with Crippen LogP contribution in [0.5, 0.6) is 5.75 Å². The van der Waals surface area contributed by atoms with Crippen molar-refractivity contribution in [1.29, 1.82) is 5.26 Å². The lowest BCUT2D eigenvalue weighted by Gasteiger charge is -2.11. The monoisotopic (exact) mass is 413 g/mol. The number of hydrogen-bond acceptors (Lipinski definition) is 4. The first-order valence-electron chi connectivity index (χ1n) is 7.59. The van der Waals surface area contributed by atoms with Crippen molar-refractivity contribution in [3.63, 3.8) is 0 Å². The SMILES string of the molecule is Cc1ccc(COc2ccc(Br)cc2/C=C(/C#N)C(=O)NC(N)=O)cc1. The molecule has 0 heterocycles. The topological polar surface area (TPSA) is 105 Å². The highest BCUT2D eigenvalue weighted by Gasteiger charge is 2.13. The maximum atomic E-state index is 11.8. The minimum Gasteiger partial charge on any atom is -0.488 e. The molecular formula is C19H16BrN3O3. The summed E-state index contributed by atoms with van der Waals surface area (Å²) in [5.41, 5.74) is 7.31. The van der Waals surface area contributed by atoms with Gasteiger partial charge < -0.3 is 10.5 Å². The van der Waals surface area contributed by atoms with Gasteiger partial charge >= 0.3 is 6.03 Å². The number of benzene rings is 2. The molecule has 0 atom stereocenters. The van der Waals surface area contributed by atoms with E-state index < -0.39 is 11.9 Å². The zero-order valence-electron chi connectivity index (χ0n) is 14.0. The Hall–Kier alpha value is -3.11. The number of nitrogens with two attached hydrogens (primary N) is 1. The summed E-state index contributed by atoms with van der Waals surface area (Å²) in [4.78, 5) is 22.6. The maximum Gasteiger partial charge on any atom is 0.319 e. The number of rotatable bonds is 5. The van der Waals surface area contributed by atoms with Gasteiger partial charge in [-0.1, -0.05) is 45.8 Å². The molecule has 0 unspecified atom stereocenters. The number of primary amides is 1. The number of aryl methyl sites for hydroxylation is 1. The van der Waals surface area contributed by atoms with Crippen molar-refractivity contribution >= 4 is 33.9 Å². The summed E-state index contributed by atoms with van der Waals surface area (Å²) in [6.45, 7) is 2.33. The van der Waals surface area contributed by atoms with Crippen LogP contribution in [0, 0.1) is 18.3 Å². The van der Waals surface area contributed by atoms with Crippen LogP contribution in [0.2, 0.25) is 0 Å². The van der Waals surface area contributed by atoms with E-state index in [-0.39, 0.29) is 5.57 Å². The van der Waals surface area contributed by atoms with Gasteiger partial charge in [-0.2, -0.15) is 5.26 Å². The summed E-state index contributed by atoms with van der Waals surface area (Å²) in [6.07, 6.45) is 1.34. The third kappa shape index (κ3) is 5.46. The van der Waals surface area contributed by atoms with Crippen molar-refractivity contribution in [2.75, 3.05) is 0 Å². The molecule has 0 aromatic heterocycles. The smallest absolute Gasteiger partial charge is 0.319 e. The summed E-state index contributed by atoms with van der Waals surface area (Å²) in [7, 11) is 0. The van der Waals surface area contributed by atoms with Gasteiger partial charge in [-0.15, -0.1) is 0 Å². The van der Waals surface area contributed by atoms with Crippen molar-refractivity contribution in [2.24, 2.45) is 5.73 Å². The number of carbonyl (C=O) groups is 2. The minimum atomic E-state index is -1.03. The molecule has 0 fully saturated rings. The molecule has 0 saturated heterocycles. The number of amides is 3. The number of hydrogen-bond donors (Lipinski definition) is 2. The Morgan fingerprint density at radius 3 is 2.58 bits per heavy atom. The quantitative estimate of drug-likeness (QED) is 0.578. The van der Waals surface area contributed by atoms with Crippen LogP contribution >= 0.6 is 15.9 Å². The van der Waals surface area contributed by atoms with Gasteiger partial charge in [-0.3, -0.25) is 10.1 Å². The molecule has 6 nitrogen and oxygen atoms in total. The van der Waals surface area contributed by atoms with Crippen molar-refractivity contribution in [1.82, 2.24) is 5.32 Å². The van der Waals surface area contributed by atoms with Gasteiger partial charge in [0.15, 0.2) is 0 Å². The van der Waals surface area contributed by atoms with E-state index in [0.717, 1.165) is 15.6 Å². The first-order valence-corrected chi connectivity index (χ1v) is 8.39. The molecule has 0 aliphatic carbocycles. The highest BCUT2D eigenvalue weighted by Crippen LogP contribution is 2.26. The third-order valence-corrected chi connectivity index (χ3v) is 3.88. The predicted octanol–water partition coefficient (Wildman–Crippen LogP) is 3.44. The van der Waals surface area contributed by atoms with Crippen LogP contribution < -0.4 is 15.8 Å². The van der Waals surface area contributed by atoms with Gasteiger partial charge in [0.05, 0.1) is 0 Å². The Balaban J connectivity index is 2.27. The lowest BCUT2D eigenvalue weighted by atomic mass is 10.1. The molecule has 2 aromatic rings. The van der Waals surface area contributed by atoms with E-state index in [0.29, 0.717) is 17.9 Å². The van der Waals surface area contributed by atoms with Crippen molar-refractivity contribution in [3.05, 3.63) is 69.2 Å². The average Bonchev–Trinajstić information content (AvgIpc) is 2.59. The van der Waals surface area contributed by atoms with Gasteiger partial charge in [0.2, 0.25) is 0 Å². The van der Waals surface area contributed by atoms with E-state index in [9.17, 15) is 14.9 Å². The van der Waals surface area contributed by atoms with E-state index >= 15 is 0 Å². The van der Waals surface area contributed by atoms with Crippen LogP contribution in [0.25, 0.3) is 6.08 Å². The largest absolute Gasteiger partial charge is 0.488 e. The molecule has 0 bridgehead atoms. The fourth-order valence-electron chi connectivity index (χ4n) is 2.09. The lowest BCUT2D eigenvalue weighted by molar-refractivity contribution is -0.115. The molecule has 7 heteroatoms. The van der Waals surface area contributed by atoms with Crippen LogP contribution in [-0.4, -0.2) is 11.9 Å². The highest BCUT2D eigenvalue weighted by molar-refractivity contribution is 9.10. The number of nitrogens with one attached hydrogen (secondary N) is 1. The molecule has 0 saturated carbocycles. The molecule has 0 aliphatic rings. The summed E-state index contributed by atoms with van der Waals surface area (Å²) < 4.78 is 6.58. The molecule has 3 N–H and O–H groups in total.